The van der Waals surface area contributed by atoms with Crippen molar-refractivity contribution in [3.8, 4) is 11.8 Å². The molecule has 1 aromatic rings. The van der Waals surface area contributed by atoms with Crippen molar-refractivity contribution in [2.24, 2.45) is 0 Å². The van der Waals surface area contributed by atoms with Crippen LogP contribution in [0.15, 0.2) is 24.3 Å². The second-order valence-corrected chi connectivity index (χ2v) is 3.25. The topological polar surface area (TPSA) is 37.3 Å². The molecular weight excluding hydrogens is 212 g/mol. The summed E-state index contributed by atoms with van der Waals surface area (Å²) < 4.78 is 0. The summed E-state index contributed by atoms with van der Waals surface area (Å²) in [5.41, 5.74) is 1.82. The van der Waals surface area contributed by atoms with Crippen LogP contribution in [0.1, 0.15) is 17.5 Å². The molecule has 0 atom stereocenters. The molecule has 0 aromatic heterocycles. The SMILES string of the molecule is O=C(O)CCc1ccccc1C#CCCl. The summed E-state index contributed by atoms with van der Waals surface area (Å²) in [6, 6.07) is 7.52. The maximum absolute atomic E-state index is 10.4. The van der Waals surface area contributed by atoms with Crippen molar-refractivity contribution in [2.45, 2.75) is 12.8 Å². The Morgan fingerprint density at radius 3 is 2.80 bits per heavy atom. The number of hydrogen-bond donors (Lipinski definition) is 1. The fourth-order valence-corrected chi connectivity index (χ4v) is 1.30. The molecule has 0 radical (unpaired) electrons. The van der Waals surface area contributed by atoms with Crippen LogP contribution < -0.4 is 0 Å². The third kappa shape index (κ3) is 4.05. The average Bonchev–Trinajstić information content (AvgIpc) is 2.24. The monoisotopic (exact) mass is 222 g/mol. The van der Waals surface area contributed by atoms with Crippen LogP contribution >= 0.6 is 11.6 Å². The molecule has 0 amide bonds. The van der Waals surface area contributed by atoms with E-state index in [2.05, 4.69) is 11.8 Å². The van der Waals surface area contributed by atoms with Crippen LogP contribution in [0.25, 0.3) is 0 Å². The summed E-state index contributed by atoms with van der Waals surface area (Å²) in [7, 11) is 0. The Morgan fingerprint density at radius 2 is 2.13 bits per heavy atom. The highest BCUT2D eigenvalue weighted by molar-refractivity contribution is 6.19. The molecule has 0 heterocycles. The third-order valence-corrected chi connectivity index (χ3v) is 2.05. The number of rotatable bonds is 3. The molecule has 0 spiro atoms. The molecular formula is C12H11ClO2. The molecule has 0 saturated carbocycles. The van der Waals surface area contributed by atoms with Gasteiger partial charge in [0, 0.05) is 12.0 Å². The van der Waals surface area contributed by atoms with Gasteiger partial charge in [-0.25, -0.2) is 0 Å². The summed E-state index contributed by atoms with van der Waals surface area (Å²) in [5, 5.41) is 8.58. The molecule has 78 valence electrons. The normalized spacial score (nSPS) is 9.13. The molecule has 15 heavy (non-hydrogen) atoms. The van der Waals surface area contributed by atoms with Crippen molar-refractivity contribution >= 4 is 17.6 Å². The number of aliphatic carboxylic acids is 1. The Labute approximate surface area is 93.9 Å². The van der Waals surface area contributed by atoms with Gasteiger partial charge in [0.15, 0.2) is 0 Å². The number of carbonyl (C=O) groups is 1. The Morgan fingerprint density at radius 1 is 1.40 bits per heavy atom. The van der Waals surface area contributed by atoms with E-state index >= 15 is 0 Å². The fourth-order valence-electron chi connectivity index (χ4n) is 1.23. The first-order valence-electron chi connectivity index (χ1n) is 4.58. The lowest BCUT2D eigenvalue weighted by atomic mass is 10.0. The van der Waals surface area contributed by atoms with Crippen molar-refractivity contribution in [1.82, 2.24) is 0 Å². The first-order valence-corrected chi connectivity index (χ1v) is 5.12. The number of halogens is 1. The summed E-state index contributed by atoms with van der Waals surface area (Å²) >= 11 is 5.46. The molecule has 0 fully saturated rings. The highest BCUT2D eigenvalue weighted by atomic mass is 35.5. The van der Waals surface area contributed by atoms with E-state index in [1.165, 1.54) is 0 Å². The molecule has 0 aliphatic rings. The predicted molar refractivity (Wildman–Crippen MR) is 60.0 cm³/mol. The van der Waals surface area contributed by atoms with E-state index in [0.29, 0.717) is 6.42 Å². The first-order chi connectivity index (χ1) is 7.24. The highest BCUT2D eigenvalue weighted by Crippen LogP contribution is 2.09. The van der Waals surface area contributed by atoms with Gasteiger partial charge in [-0.1, -0.05) is 30.0 Å². The smallest absolute Gasteiger partial charge is 0.303 e. The second kappa shape index (κ2) is 6.10. The van der Waals surface area contributed by atoms with Crippen LogP contribution in [-0.2, 0) is 11.2 Å². The minimum atomic E-state index is -0.796. The van der Waals surface area contributed by atoms with Gasteiger partial charge < -0.3 is 5.11 Å². The number of aryl methyl sites for hydroxylation is 1. The van der Waals surface area contributed by atoms with Crippen LogP contribution in [0.3, 0.4) is 0 Å². The van der Waals surface area contributed by atoms with E-state index in [-0.39, 0.29) is 12.3 Å². The molecule has 1 aromatic carbocycles. The number of benzene rings is 1. The van der Waals surface area contributed by atoms with Gasteiger partial charge in [-0.2, -0.15) is 0 Å². The lowest BCUT2D eigenvalue weighted by Gasteiger charge is -2.01. The van der Waals surface area contributed by atoms with E-state index in [0.717, 1.165) is 11.1 Å². The van der Waals surface area contributed by atoms with Crippen molar-refractivity contribution in [3.05, 3.63) is 35.4 Å². The molecule has 0 unspecified atom stereocenters. The Kier molecular flexibility index (Phi) is 4.73. The standard InChI is InChI=1S/C12H11ClO2/c13-9-3-6-10-4-1-2-5-11(10)7-8-12(14)15/h1-2,4-5H,7-9H2,(H,14,15). The van der Waals surface area contributed by atoms with Gasteiger partial charge in [0.25, 0.3) is 0 Å². The van der Waals surface area contributed by atoms with Crippen LogP contribution in [0.4, 0.5) is 0 Å². The number of carboxylic acids is 1. The quantitative estimate of drug-likeness (QED) is 0.630. The van der Waals surface area contributed by atoms with Gasteiger partial charge >= 0.3 is 5.97 Å². The zero-order valence-electron chi connectivity index (χ0n) is 8.16. The van der Waals surface area contributed by atoms with E-state index < -0.39 is 5.97 Å². The van der Waals surface area contributed by atoms with Gasteiger partial charge in [0.05, 0.1) is 5.88 Å². The third-order valence-electron chi connectivity index (χ3n) is 1.92. The van der Waals surface area contributed by atoms with Gasteiger partial charge in [-0.05, 0) is 18.1 Å². The predicted octanol–water partition coefficient (Wildman–Crippen LogP) is 2.29. The molecule has 1 N–H and O–H groups in total. The van der Waals surface area contributed by atoms with Crippen molar-refractivity contribution in [3.63, 3.8) is 0 Å². The van der Waals surface area contributed by atoms with Crippen LogP contribution in [-0.4, -0.2) is 17.0 Å². The van der Waals surface area contributed by atoms with E-state index in [1.807, 2.05) is 24.3 Å². The van der Waals surface area contributed by atoms with Gasteiger partial charge in [-0.3, -0.25) is 4.79 Å². The van der Waals surface area contributed by atoms with E-state index in [9.17, 15) is 4.79 Å². The van der Waals surface area contributed by atoms with E-state index in [1.54, 1.807) is 0 Å². The van der Waals surface area contributed by atoms with E-state index in [4.69, 9.17) is 16.7 Å². The summed E-state index contributed by atoms with van der Waals surface area (Å²) in [6.07, 6.45) is 0.627. The van der Waals surface area contributed by atoms with Crippen LogP contribution in [0.2, 0.25) is 0 Å². The minimum Gasteiger partial charge on any atom is -0.481 e. The van der Waals surface area contributed by atoms with Gasteiger partial charge in [0.1, 0.15) is 0 Å². The van der Waals surface area contributed by atoms with Gasteiger partial charge in [0.2, 0.25) is 0 Å². The fraction of sp³-hybridized carbons (Fsp3) is 0.250. The zero-order valence-corrected chi connectivity index (χ0v) is 8.92. The van der Waals surface area contributed by atoms with Crippen LogP contribution in [0, 0.1) is 11.8 Å². The molecule has 1 rings (SSSR count). The summed E-state index contributed by atoms with van der Waals surface area (Å²) in [6.45, 7) is 0. The maximum atomic E-state index is 10.4. The first kappa shape index (κ1) is 11.6. The highest BCUT2D eigenvalue weighted by Gasteiger charge is 2.02. The van der Waals surface area contributed by atoms with Crippen molar-refractivity contribution in [2.75, 3.05) is 5.88 Å². The molecule has 0 saturated heterocycles. The molecule has 2 nitrogen and oxygen atoms in total. The van der Waals surface area contributed by atoms with Crippen molar-refractivity contribution < 1.29 is 9.90 Å². The summed E-state index contributed by atoms with van der Waals surface area (Å²) in [4.78, 5) is 10.4. The molecule has 3 heteroatoms. The minimum absolute atomic E-state index is 0.125. The Bertz CT molecular complexity index is 402. The Hall–Kier alpha value is -1.46. The number of alkyl halides is 1. The lowest BCUT2D eigenvalue weighted by Crippen LogP contribution is -1.99. The van der Waals surface area contributed by atoms with Gasteiger partial charge in [-0.15, -0.1) is 11.6 Å². The number of hydrogen-bond acceptors (Lipinski definition) is 1. The van der Waals surface area contributed by atoms with Crippen LogP contribution in [0.5, 0.6) is 0 Å². The maximum Gasteiger partial charge on any atom is 0.303 e. The average molecular weight is 223 g/mol. The summed E-state index contributed by atoms with van der Waals surface area (Å²) in [5.74, 6) is 5.16. The zero-order chi connectivity index (χ0) is 11.1. The second-order valence-electron chi connectivity index (χ2n) is 2.99. The molecule has 0 bridgehead atoms. The Balaban J connectivity index is 2.81. The lowest BCUT2D eigenvalue weighted by molar-refractivity contribution is -0.136. The van der Waals surface area contributed by atoms with Crippen molar-refractivity contribution in [1.29, 1.82) is 0 Å². The molecule has 0 aliphatic carbocycles. The molecule has 0 aliphatic heterocycles. The number of carboxylic acid groups (broad SMARTS) is 1. The largest absolute Gasteiger partial charge is 0.481 e.